The molecule has 2 amide bonds. The maximum atomic E-state index is 11.9. The molecular formula is C12H15NO2. The SMILES string of the molecule is CCCCN1C(=O)C2=C(CCC=C2)C1=O. The van der Waals surface area contributed by atoms with Crippen molar-refractivity contribution >= 4 is 11.8 Å². The van der Waals surface area contributed by atoms with E-state index in [-0.39, 0.29) is 11.8 Å². The van der Waals surface area contributed by atoms with Gasteiger partial charge in [0.2, 0.25) is 0 Å². The van der Waals surface area contributed by atoms with E-state index in [1.165, 1.54) is 4.90 Å². The minimum atomic E-state index is -0.0978. The Hall–Kier alpha value is -1.38. The normalized spacial score (nSPS) is 20.2. The molecule has 0 radical (unpaired) electrons. The van der Waals surface area contributed by atoms with Gasteiger partial charge in [-0.15, -0.1) is 0 Å². The summed E-state index contributed by atoms with van der Waals surface area (Å²) in [5, 5.41) is 0. The predicted octanol–water partition coefficient (Wildman–Crippen LogP) is 1.80. The Bertz CT molecular complexity index is 366. The molecule has 0 N–H and O–H groups in total. The zero-order valence-electron chi connectivity index (χ0n) is 8.95. The Morgan fingerprint density at radius 1 is 1.33 bits per heavy atom. The quantitative estimate of drug-likeness (QED) is 0.659. The second-order valence-electron chi connectivity index (χ2n) is 3.95. The van der Waals surface area contributed by atoms with Crippen molar-refractivity contribution < 1.29 is 9.59 Å². The molecule has 2 aliphatic rings. The molecule has 0 bridgehead atoms. The molecule has 15 heavy (non-hydrogen) atoms. The molecule has 0 saturated carbocycles. The minimum Gasteiger partial charge on any atom is -0.275 e. The van der Waals surface area contributed by atoms with Gasteiger partial charge in [0, 0.05) is 17.7 Å². The van der Waals surface area contributed by atoms with Gasteiger partial charge in [0.1, 0.15) is 0 Å². The van der Waals surface area contributed by atoms with E-state index in [4.69, 9.17) is 0 Å². The highest BCUT2D eigenvalue weighted by Crippen LogP contribution is 2.28. The summed E-state index contributed by atoms with van der Waals surface area (Å²) in [7, 11) is 0. The Morgan fingerprint density at radius 2 is 2.13 bits per heavy atom. The first-order valence-electron chi connectivity index (χ1n) is 5.51. The molecule has 3 nitrogen and oxygen atoms in total. The number of imide groups is 1. The van der Waals surface area contributed by atoms with Crippen LogP contribution in [-0.4, -0.2) is 23.3 Å². The highest BCUT2D eigenvalue weighted by Gasteiger charge is 2.36. The molecule has 0 spiro atoms. The lowest BCUT2D eigenvalue weighted by Crippen LogP contribution is -2.32. The number of rotatable bonds is 3. The number of amides is 2. The lowest BCUT2D eigenvalue weighted by molar-refractivity contribution is -0.137. The molecule has 0 unspecified atom stereocenters. The molecule has 0 aromatic rings. The average molecular weight is 205 g/mol. The lowest BCUT2D eigenvalue weighted by atomic mass is 10.00. The van der Waals surface area contributed by atoms with Gasteiger partial charge in [0.05, 0.1) is 0 Å². The van der Waals surface area contributed by atoms with Gasteiger partial charge in [-0.25, -0.2) is 0 Å². The van der Waals surface area contributed by atoms with Crippen LogP contribution in [-0.2, 0) is 9.59 Å². The van der Waals surface area contributed by atoms with Gasteiger partial charge in [-0.05, 0) is 19.3 Å². The van der Waals surface area contributed by atoms with Crippen molar-refractivity contribution in [1.82, 2.24) is 4.90 Å². The van der Waals surface area contributed by atoms with Crippen molar-refractivity contribution in [2.24, 2.45) is 0 Å². The van der Waals surface area contributed by atoms with Crippen molar-refractivity contribution in [1.29, 1.82) is 0 Å². The second kappa shape index (κ2) is 4.01. The van der Waals surface area contributed by atoms with Crippen molar-refractivity contribution in [3.63, 3.8) is 0 Å². The van der Waals surface area contributed by atoms with Gasteiger partial charge in [-0.2, -0.15) is 0 Å². The van der Waals surface area contributed by atoms with Crippen LogP contribution in [0.2, 0.25) is 0 Å². The van der Waals surface area contributed by atoms with Crippen molar-refractivity contribution in [3.05, 3.63) is 23.3 Å². The fraction of sp³-hybridized carbons (Fsp3) is 0.500. The van der Waals surface area contributed by atoms with Gasteiger partial charge >= 0.3 is 0 Å². The van der Waals surface area contributed by atoms with Crippen LogP contribution in [0.1, 0.15) is 32.6 Å². The zero-order chi connectivity index (χ0) is 10.8. The Kier molecular flexibility index (Phi) is 2.71. The summed E-state index contributed by atoms with van der Waals surface area (Å²) >= 11 is 0. The van der Waals surface area contributed by atoms with E-state index >= 15 is 0 Å². The molecular weight excluding hydrogens is 190 g/mol. The molecule has 0 aromatic heterocycles. The van der Waals surface area contributed by atoms with Crippen LogP contribution in [0.4, 0.5) is 0 Å². The second-order valence-corrected chi connectivity index (χ2v) is 3.95. The highest BCUT2D eigenvalue weighted by atomic mass is 16.2. The first-order chi connectivity index (χ1) is 7.25. The van der Waals surface area contributed by atoms with E-state index in [2.05, 4.69) is 6.92 Å². The number of allylic oxidation sites excluding steroid dienone is 1. The molecule has 1 heterocycles. The molecule has 80 valence electrons. The summed E-state index contributed by atoms with van der Waals surface area (Å²) in [6, 6.07) is 0. The summed E-state index contributed by atoms with van der Waals surface area (Å²) in [4.78, 5) is 25.1. The number of unbranched alkanes of at least 4 members (excludes halogenated alkanes) is 1. The number of nitrogens with zero attached hydrogens (tertiary/aromatic N) is 1. The first kappa shape index (κ1) is 10.1. The predicted molar refractivity (Wildman–Crippen MR) is 57.0 cm³/mol. The van der Waals surface area contributed by atoms with Crippen LogP contribution in [0.5, 0.6) is 0 Å². The molecule has 3 heteroatoms. The Balaban J connectivity index is 2.18. The fourth-order valence-corrected chi connectivity index (χ4v) is 2.01. The van der Waals surface area contributed by atoms with Crippen molar-refractivity contribution in [2.75, 3.05) is 6.54 Å². The summed E-state index contributed by atoms with van der Waals surface area (Å²) in [5.41, 5.74) is 1.35. The highest BCUT2D eigenvalue weighted by molar-refractivity contribution is 6.20. The summed E-state index contributed by atoms with van der Waals surface area (Å²) in [5.74, 6) is -0.160. The van der Waals surface area contributed by atoms with Gasteiger partial charge < -0.3 is 0 Å². The van der Waals surface area contributed by atoms with Crippen molar-refractivity contribution in [3.8, 4) is 0 Å². The van der Waals surface area contributed by atoms with Crippen LogP contribution in [0.3, 0.4) is 0 Å². The third-order valence-electron chi connectivity index (χ3n) is 2.88. The van der Waals surface area contributed by atoms with Crippen LogP contribution in [0.15, 0.2) is 23.3 Å². The van der Waals surface area contributed by atoms with E-state index < -0.39 is 0 Å². The van der Waals surface area contributed by atoms with Crippen LogP contribution >= 0.6 is 0 Å². The molecule has 0 fully saturated rings. The summed E-state index contributed by atoms with van der Waals surface area (Å²) < 4.78 is 0. The number of hydrogen-bond acceptors (Lipinski definition) is 2. The smallest absolute Gasteiger partial charge is 0.261 e. The lowest BCUT2D eigenvalue weighted by Gasteiger charge is -2.13. The third kappa shape index (κ3) is 1.62. The summed E-state index contributed by atoms with van der Waals surface area (Å²) in [6.45, 7) is 2.62. The Labute approximate surface area is 89.4 Å². The molecule has 0 atom stereocenters. The summed E-state index contributed by atoms with van der Waals surface area (Å²) in [6.07, 6.45) is 7.25. The molecule has 2 rings (SSSR count). The average Bonchev–Trinajstić information content (AvgIpc) is 2.51. The standard InChI is InChI=1S/C12H15NO2/c1-2-3-8-13-11(14)9-6-4-5-7-10(9)12(13)15/h4,6H,2-3,5,7-8H2,1H3. The zero-order valence-corrected chi connectivity index (χ0v) is 8.95. The first-order valence-corrected chi connectivity index (χ1v) is 5.51. The minimum absolute atomic E-state index is 0.0622. The maximum absolute atomic E-state index is 11.9. The number of carbonyl (C=O) groups is 2. The monoisotopic (exact) mass is 205 g/mol. The van der Waals surface area contributed by atoms with E-state index in [1.54, 1.807) is 6.08 Å². The van der Waals surface area contributed by atoms with Gasteiger partial charge in [0.15, 0.2) is 0 Å². The van der Waals surface area contributed by atoms with Gasteiger partial charge in [-0.3, -0.25) is 14.5 Å². The fourth-order valence-electron chi connectivity index (χ4n) is 2.01. The van der Waals surface area contributed by atoms with Gasteiger partial charge in [0.25, 0.3) is 11.8 Å². The molecule has 0 saturated heterocycles. The molecule has 1 aliphatic carbocycles. The van der Waals surface area contributed by atoms with Crippen LogP contribution < -0.4 is 0 Å². The number of carbonyl (C=O) groups excluding carboxylic acids is 2. The van der Waals surface area contributed by atoms with E-state index in [9.17, 15) is 9.59 Å². The number of hydrogen-bond donors (Lipinski definition) is 0. The van der Waals surface area contributed by atoms with E-state index in [0.717, 1.165) is 31.3 Å². The topological polar surface area (TPSA) is 37.4 Å². The van der Waals surface area contributed by atoms with E-state index in [0.29, 0.717) is 12.1 Å². The van der Waals surface area contributed by atoms with Crippen LogP contribution in [0, 0.1) is 0 Å². The third-order valence-corrected chi connectivity index (χ3v) is 2.88. The largest absolute Gasteiger partial charge is 0.275 e. The Morgan fingerprint density at radius 3 is 2.80 bits per heavy atom. The maximum Gasteiger partial charge on any atom is 0.261 e. The molecule has 1 aliphatic heterocycles. The van der Waals surface area contributed by atoms with E-state index in [1.807, 2.05) is 6.08 Å². The van der Waals surface area contributed by atoms with Gasteiger partial charge in [-0.1, -0.05) is 25.5 Å². The van der Waals surface area contributed by atoms with Crippen LogP contribution in [0.25, 0.3) is 0 Å². The van der Waals surface area contributed by atoms with Crippen molar-refractivity contribution in [2.45, 2.75) is 32.6 Å². The molecule has 0 aromatic carbocycles.